The Balaban J connectivity index is 1.43. The third-order valence-electron chi connectivity index (χ3n) is 4.49. The van der Waals surface area contributed by atoms with Crippen LogP contribution in [0.3, 0.4) is 0 Å². The summed E-state index contributed by atoms with van der Waals surface area (Å²) < 4.78 is 5.51. The van der Waals surface area contributed by atoms with Crippen LogP contribution in [0.2, 0.25) is 0 Å². The van der Waals surface area contributed by atoms with Gasteiger partial charge in [0.25, 0.3) is 0 Å². The maximum atomic E-state index is 5.51. The van der Waals surface area contributed by atoms with Crippen molar-refractivity contribution >= 4 is 0 Å². The van der Waals surface area contributed by atoms with Gasteiger partial charge in [-0.2, -0.15) is 4.98 Å². The van der Waals surface area contributed by atoms with Gasteiger partial charge in [0.1, 0.15) is 0 Å². The Kier molecular flexibility index (Phi) is 4.09. The number of aromatic nitrogens is 3. The minimum atomic E-state index is 0.317. The lowest BCUT2D eigenvalue weighted by Gasteiger charge is -2.15. The molecule has 1 aliphatic heterocycles. The molecule has 4 rings (SSSR count). The summed E-state index contributed by atoms with van der Waals surface area (Å²) in [7, 11) is 0. The molecule has 3 heterocycles. The SMILES string of the molecule is Cc1cccc(CN2CCC(c3nc(-c4ccncc4)no3)C2)c1. The fourth-order valence-electron chi connectivity index (χ4n) is 3.27. The number of nitrogens with zero attached hydrogens (tertiary/aromatic N) is 4. The van der Waals surface area contributed by atoms with Gasteiger partial charge in [-0.15, -0.1) is 0 Å². The molecular weight excluding hydrogens is 300 g/mol. The van der Waals surface area contributed by atoms with E-state index in [1.165, 1.54) is 11.1 Å². The molecular formula is C19H20N4O. The molecule has 0 N–H and O–H groups in total. The molecule has 122 valence electrons. The zero-order valence-electron chi connectivity index (χ0n) is 13.7. The van der Waals surface area contributed by atoms with Crippen LogP contribution in [0.4, 0.5) is 0 Å². The van der Waals surface area contributed by atoms with E-state index in [-0.39, 0.29) is 0 Å². The number of likely N-dealkylation sites (tertiary alicyclic amines) is 1. The molecule has 1 atom stereocenters. The molecule has 0 saturated carbocycles. The molecule has 0 spiro atoms. The number of aryl methyl sites for hydroxylation is 1. The monoisotopic (exact) mass is 320 g/mol. The van der Waals surface area contributed by atoms with Crippen molar-refractivity contribution in [2.24, 2.45) is 0 Å². The van der Waals surface area contributed by atoms with Gasteiger partial charge in [-0.25, -0.2) is 0 Å². The minimum absolute atomic E-state index is 0.317. The van der Waals surface area contributed by atoms with Crippen LogP contribution in [0.25, 0.3) is 11.4 Å². The van der Waals surface area contributed by atoms with Crippen molar-refractivity contribution in [3.63, 3.8) is 0 Å². The molecule has 1 saturated heterocycles. The average Bonchev–Trinajstić information content (AvgIpc) is 3.25. The van der Waals surface area contributed by atoms with E-state index < -0.39 is 0 Å². The van der Waals surface area contributed by atoms with E-state index in [0.717, 1.165) is 37.5 Å². The first-order valence-electron chi connectivity index (χ1n) is 8.30. The fourth-order valence-corrected chi connectivity index (χ4v) is 3.27. The Hall–Kier alpha value is -2.53. The summed E-state index contributed by atoms with van der Waals surface area (Å²) in [6.07, 6.45) is 4.54. The highest BCUT2D eigenvalue weighted by atomic mass is 16.5. The highest BCUT2D eigenvalue weighted by molar-refractivity contribution is 5.52. The van der Waals surface area contributed by atoms with E-state index in [2.05, 4.69) is 51.2 Å². The summed E-state index contributed by atoms with van der Waals surface area (Å²) in [6.45, 7) is 5.14. The first-order valence-corrected chi connectivity index (χ1v) is 8.30. The molecule has 1 unspecified atom stereocenters. The Morgan fingerprint density at radius 2 is 2.08 bits per heavy atom. The molecule has 0 amide bonds. The van der Waals surface area contributed by atoms with Crippen LogP contribution in [-0.2, 0) is 6.54 Å². The molecule has 0 aliphatic carbocycles. The zero-order valence-corrected chi connectivity index (χ0v) is 13.7. The zero-order chi connectivity index (χ0) is 16.4. The second-order valence-corrected chi connectivity index (χ2v) is 6.40. The Bertz CT molecular complexity index is 815. The largest absolute Gasteiger partial charge is 0.339 e. The second kappa shape index (κ2) is 6.53. The molecule has 1 aromatic carbocycles. The summed E-state index contributed by atoms with van der Waals surface area (Å²) in [6, 6.07) is 12.5. The third-order valence-corrected chi connectivity index (χ3v) is 4.49. The smallest absolute Gasteiger partial charge is 0.231 e. The van der Waals surface area contributed by atoms with E-state index in [1.54, 1.807) is 12.4 Å². The predicted molar refractivity (Wildman–Crippen MR) is 91.3 cm³/mol. The van der Waals surface area contributed by atoms with E-state index in [4.69, 9.17) is 4.52 Å². The molecule has 1 fully saturated rings. The normalized spacial score (nSPS) is 18.1. The maximum absolute atomic E-state index is 5.51. The van der Waals surface area contributed by atoms with Gasteiger partial charge in [0.05, 0.1) is 5.92 Å². The minimum Gasteiger partial charge on any atom is -0.339 e. The van der Waals surface area contributed by atoms with E-state index in [9.17, 15) is 0 Å². The van der Waals surface area contributed by atoms with Crippen LogP contribution in [-0.4, -0.2) is 33.1 Å². The van der Waals surface area contributed by atoms with E-state index in [0.29, 0.717) is 11.7 Å². The molecule has 1 aliphatic rings. The third kappa shape index (κ3) is 3.21. The van der Waals surface area contributed by atoms with Gasteiger partial charge in [0.2, 0.25) is 11.7 Å². The lowest BCUT2D eigenvalue weighted by molar-refractivity contribution is 0.309. The topological polar surface area (TPSA) is 55.1 Å². The van der Waals surface area contributed by atoms with Crippen LogP contribution in [0.5, 0.6) is 0 Å². The molecule has 2 aromatic heterocycles. The molecule has 5 heteroatoms. The van der Waals surface area contributed by atoms with Crippen LogP contribution in [0, 0.1) is 6.92 Å². The predicted octanol–water partition coefficient (Wildman–Crippen LogP) is 3.43. The van der Waals surface area contributed by atoms with Crippen LogP contribution >= 0.6 is 0 Å². The quantitative estimate of drug-likeness (QED) is 0.737. The number of pyridine rings is 1. The fraction of sp³-hybridized carbons (Fsp3) is 0.316. The van der Waals surface area contributed by atoms with Gasteiger partial charge in [-0.1, -0.05) is 35.0 Å². The van der Waals surface area contributed by atoms with E-state index in [1.807, 2.05) is 12.1 Å². The molecule has 5 nitrogen and oxygen atoms in total. The molecule has 3 aromatic rings. The summed E-state index contributed by atoms with van der Waals surface area (Å²) in [4.78, 5) is 11.1. The molecule has 0 radical (unpaired) electrons. The van der Waals surface area contributed by atoms with Gasteiger partial charge in [-0.3, -0.25) is 9.88 Å². The summed E-state index contributed by atoms with van der Waals surface area (Å²) in [5.74, 6) is 1.70. The summed E-state index contributed by atoms with van der Waals surface area (Å²) >= 11 is 0. The second-order valence-electron chi connectivity index (χ2n) is 6.40. The lowest BCUT2D eigenvalue weighted by atomic mass is 10.1. The van der Waals surface area contributed by atoms with Gasteiger partial charge in [-0.05, 0) is 37.6 Å². The molecule has 0 bridgehead atoms. The van der Waals surface area contributed by atoms with Crippen LogP contribution in [0.1, 0.15) is 29.4 Å². The van der Waals surface area contributed by atoms with Gasteiger partial charge in [0, 0.05) is 31.0 Å². The van der Waals surface area contributed by atoms with Crippen molar-refractivity contribution in [1.29, 1.82) is 0 Å². The van der Waals surface area contributed by atoms with Crippen molar-refractivity contribution < 1.29 is 4.52 Å². The van der Waals surface area contributed by atoms with Crippen molar-refractivity contribution in [3.05, 3.63) is 65.8 Å². The summed E-state index contributed by atoms with van der Waals surface area (Å²) in [5, 5.41) is 4.12. The highest BCUT2D eigenvalue weighted by Gasteiger charge is 2.28. The molecule has 24 heavy (non-hydrogen) atoms. The Morgan fingerprint density at radius 3 is 2.92 bits per heavy atom. The maximum Gasteiger partial charge on any atom is 0.231 e. The van der Waals surface area contributed by atoms with Gasteiger partial charge >= 0.3 is 0 Å². The van der Waals surface area contributed by atoms with Crippen LogP contribution in [0.15, 0.2) is 53.3 Å². The first-order chi connectivity index (χ1) is 11.8. The van der Waals surface area contributed by atoms with E-state index >= 15 is 0 Å². The number of hydrogen-bond acceptors (Lipinski definition) is 5. The van der Waals surface area contributed by atoms with Crippen LogP contribution < -0.4 is 0 Å². The van der Waals surface area contributed by atoms with Gasteiger partial charge < -0.3 is 4.52 Å². The van der Waals surface area contributed by atoms with Crippen molar-refractivity contribution in [3.8, 4) is 11.4 Å². The Morgan fingerprint density at radius 1 is 1.21 bits per heavy atom. The van der Waals surface area contributed by atoms with Gasteiger partial charge in [0.15, 0.2) is 0 Å². The number of rotatable bonds is 4. The Labute approximate surface area is 141 Å². The standard InChI is InChI=1S/C19H20N4O/c1-14-3-2-4-15(11-14)12-23-10-7-17(13-23)19-21-18(22-24-19)16-5-8-20-9-6-16/h2-6,8-9,11,17H,7,10,12-13H2,1H3. The van der Waals surface area contributed by atoms with Crippen molar-refractivity contribution in [2.75, 3.05) is 13.1 Å². The lowest BCUT2D eigenvalue weighted by Crippen LogP contribution is -2.19. The number of hydrogen-bond donors (Lipinski definition) is 0. The van der Waals surface area contributed by atoms with Crippen molar-refractivity contribution in [2.45, 2.75) is 25.8 Å². The first kappa shape index (κ1) is 15.0. The number of benzene rings is 1. The summed E-state index contributed by atoms with van der Waals surface area (Å²) in [5.41, 5.74) is 3.61. The average molecular weight is 320 g/mol. The van der Waals surface area contributed by atoms with Crippen molar-refractivity contribution in [1.82, 2.24) is 20.0 Å². The highest BCUT2D eigenvalue weighted by Crippen LogP contribution is 2.28.